The van der Waals surface area contributed by atoms with Gasteiger partial charge in [-0.05, 0) is 36.8 Å². The first-order chi connectivity index (χ1) is 7.15. The van der Waals surface area contributed by atoms with Gasteiger partial charge in [-0.25, -0.2) is 4.39 Å². The normalized spacial score (nSPS) is 12.8. The molecule has 0 aromatic heterocycles. The highest BCUT2D eigenvalue weighted by Gasteiger charge is 2.06. The maximum atomic E-state index is 13.5. The molecule has 0 radical (unpaired) electrons. The monoisotopic (exact) mass is 228 g/mol. The number of hydrogen-bond donors (Lipinski definition) is 1. The third kappa shape index (κ3) is 3.84. The molecule has 1 rings (SSSR count). The van der Waals surface area contributed by atoms with Crippen molar-refractivity contribution in [2.24, 2.45) is 0 Å². The van der Waals surface area contributed by atoms with Crippen LogP contribution in [0.5, 0.6) is 0 Å². The maximum Gasteiger partial charge on any atom is 0.137 e. The van der Waals surface area contributed by atoms with Gasteiger partial charge in [-0.15, -0.1) is 11.8 Å². The van der Waals surface area contributed by atoms with Crippen LogP contribution in [0.15, 0.2) is 23.1 Å². The van der Waals surface area contributed by atoms with Gasteiger partial charge in [0, 0.05) is 4.90 Å². The molecule has 1 N–H and O–H groups in total. The summed E-state index contributed by atoms with van der Waals surface area (Å²) in [7, 11) is 0. The number of benzene rings is 1. The first-order valence-electron chi connectivity index (χ1n) is 5.25. The van der Waals surface area contributed by atoms with E-state index in [0.29, 0.717) is 10.5 Å². The fourth-order valence-corrected chi connectivity index (χ4v) is 2.23. The summed E-state index contributed by atoms with van der Waals surface area (Å²) in [4.78, 5) is 0.674. The van der Waals surface area contributed by atoms with Crippen molar-refractivity contribution in [2.45, 2.75) is 37.7 Å². The summed E-state index contributed by atoms with van der Waals surface area (Å²) in [6, 6.07) is 4.94. The predicted octanol–water partition coefficient (Wildman–Crippen LogP) is 3.77. The topological polar surface area (TPSA) is 20.2 Å². The Morgan fingerprint density at radius 2 is 2.20 bits per heavy atom. The summed E-state index contributed by atoms with van der Waals surface area (Å²) in [5.74, 6) is 0.719. The highest BCUT2D eigenvalue weighted by molar-refractivity contribution is 7.99. The molecular formula is C12H17FOS. The van der Waals surface area contributed by atoms with E-state index in [1.54, 1.807) is 19.1 Å². The third-order valence-corrected chi connectivity index (χ3v) is 3.33. The largest absolute Gasteiger partial charge is 0.389 e. The molecule has 3 heteroatoms. The number of thioether (sulfide) groups is 1. The fourth-order valence-electron chi connectivity index (χ4n) is 1.22. The summed E-state index contributed by atoms with van der Waals surface area (Å²) in [6.07, 6.45) is 1.62. The minimum Gasteiger partial charge on any atom is -0.389 e. The Morgan fingerprint density at radius 1 is 1.47 bits per heavy atom. The molecule has 0 spiro atoms. The van der Waals surface area contributed by atoms with Gasteiger partial charge in [0.2, 0.25) is 0 Å². The second-order valence-electron chi connectivity index (χ2n) is 3.57. The maximum absolute atomic E-state index is 13.5. The molecule has 84 valence electrons. The van der Waals surface area contributed by atoms with Crippen LogP contribution in [0.4, 0.5) is 4.39 Å². The van der Waals surface area contributed by atoms with Crippen molar-refractivity contribution in [1.29, 1.82) is 0 Å². The molecule has 1 nitrogen and oxygen atoms in total. The zero-order chi connectivity index (χ0) is 11.3. The molecule has 0 bridgehead atoms. The molecule has 0 aliphatic carbocycles. The Hall–Kier alpha value is -0.540. The van der Waals surface area contributed by atoms with Crippen molar-refractivity contribution >= 4 is 11.8 Å². The van der Waals surface area contributed by atoms with Gasteiger partial charge in [-0.2, -0.15) is 0 Å². The second kappa shape index (κ2) is 6.13. The van der Waals surface area contributed by atoms with E-state index < -0.39 is 6.10 Å². The number of hydrogen-bond acceptors (Lipinski definition) is 2. The zero-order valence-electron chi connectivity index (χ0n) is 9.16. The van der Waals surface area contributed by atoms with Crippen LogP contribution in [0, 0.1) is 5.82 Å². The lowest BCUT2D eigenvalue weighted by molar-refractivity contribution is 0.198. The molecule has 0 saturated carbocycles. The van der Waals surface area contributed by atoms with Crippen molar-refractivity contribution in [2.75, 3.05) is 5.75 Å². The lowest BCUT2D eigenvalue weighted by Crippen LogP contribution is -1.93. The van der Waals surface area contributed by atoms with E-state index >= 15 is 0 Å². The Labute approximate surface area is 94.7 Å². The average Bonchev–Trinajstić information content (AvgIpc) is 2.20. The summed E-state index contributed by atoms with van der Waals surface area (Å²) in [6.45, 7) is 3.76. The first-order valence-corrected chi connectivity index (χ1v) is 6.24. The van der Waals surface area contributed by atoms with Crippen LogP contribution < -0.4 is 0 Å². The summed E-state index contributed by atoms with van der Waals surface area (Å²) in [5.41, 5.74) is 0.632. The van der Waals surface area contributed by atoms with E-state index in [2.05, 4.69) is 6.92 Å². The fraction of sp³-hybridized carbons (Fsp3) is 0.500. The molecule has 0 fully saturated rings. The van der Waals surface area contributed by atoms with E-state index in [1.807, 2.05) is 0 Å². The van der Waals surface area contributed by atoms with Crippen LogP contribution in [0.25, 0.3) is 0 Å². The zero-order valence-corrected chi connectivity index (χ0v) is 9.98. The van der Waals surface area contributed by atoms with Crippen LogP contribution in [0.2, 0.25) is 0 Å². The molecule has 1 aromatic rings. The molecule has 0 aliphatic rings. The lowest BCUT2D eigenvalue weighted by atomic mass is 10.1. The minimum absolute atomic E-state index is 0.227. The van der Waals surface area contributed by atoms with Crippen molar-refractivity contribution < 1.29 is 9.50 Å². The van der Waals surface area contributed by atoms with Gasteiger partial charge in [0.1, 0.15) is 5.82 Å². The lowest BCUT2D eigenvalue weighted by Gasteiger charge is -2.07. The van der Waals surface area contributed by atoms with Crippen LogP contribution >= 0.6 is 11.8 Å². The number of aliphatic hydroxyl groups is 1. The molecule has 0 saturated heterocycles. The van der Waals surface area contributed by atoms with Crippen molar-refractivity contribution in [3.63, 3.8) is 0 Å². The van der Waals surface area contributed by atoms with Crippen molar-refractivity contribution in [3.05, 3.63) is 29.6 Å². The van der Waals surface area contributed by atoms with Gasteiger partial charge < -0.3 is 5.11 Å². The Balaban J connectivity index is 2.66. The van der Waals surface area contributed by atoms with Crippen LogP contribution in [0.1, 0.15) is 38.4 Å². The Bertz CT molecular complexity index is 312. The Kier molecular flexibility index (Phi) is 5.12. The van der Waals surface area contributed by atoms with E-state index in [4.69, 9.17) is 0 Å². The molecule has 0 aliphatic heterocycles. The van der Waals surface area contributed by atoms with Crippen LogP contribution in [-0.2, 0) is 0 Å². The van der Waals surface area contributed by atoms with Crippen LogP contribution in [-0.4, -0.2) is 10.9 Å². The number of halogens is 1. The number of aliphatic hydroxyl groups excluding tert-OH is 1. The highest BCUT2D eigenvalue weighted by atomic mass is 32.2. The van der Waals surface area contributed by atoms with Gasteiger partial charge in [0.05, 0.1) is 6.10 Å². The van der Waals surface area contributed by atoms with E-state index in [-0.39, 0.29) is 5.82 Å². The van der Waals surface area contributed by atoms with E-state index in [1.165, 1.54) is 17.8 Å². The van der Waals surface area contributed by atoms with Crippen molar-refractivity contribution in [3.8, 4) is 0 Å². The van der Waals surface area contributed by atoms with Gasteiger partial charge in [0.15, 0.2) is 0 Å². The first kappa shape index (κ1) is 12.5. The summed E-state index contributed by atoms with van der Waals surface area (Å²) < 4.78 is 13.5. The molecule has 0 heterocycles. The molecular weight excluding hydrogens is 211 g/mol. The summed E-state index contributed by atoms with van der Waals surface area (Å²) >= 11 is 1.54. The minimum atomic E-state index is -0.603. The van der Waals surface area contributed by atoms with Gasteiger partial charge in [0.25, 0.3) is 0 Å². The molecule has 0 amide bonds. The summed E-state index contributed by atoms with van der Waals surface area (Å²) in [5, 5.41) is 9.28. The highest BCUT2D eigenvalue weighted by Crippen LogP contribution is 2.25. The van der Waals surface area contributed by atoms with Crippen molar-refractivity contribution in [1.82, 2.24) is 0 Å². The standard InChI is InChI=1S/C12H17FOS/c1-3-4-7-15-12-6-5-10(9(2)14)8-11(12)13/h5-6,8-9,14H,3-4,7H2,1-2H3. The van der Waals surface area contributed by atoms with Gasteiger partial charge in [-0.3, -0.25) is 0 Å². The predicted molar refractivity (Wildman–Crippen MR) is 62.7 cm³/mol. The quantitative estimate of drug-likeness (QED) is 0.611. The average molecular weight is 228 g/mol. The van der Waals surface area contributed by atoms with Gasteiger partial charge in [-0.1, -0.05) is 19.4 Å². The SMILES string of the molecule is CCCCSc1ccc(C(C)O)cc1F. The second-order valence-corrected chi connectivity index (χ2v) is 4.70. The Morgan fingerprint density at radius 3 is 2.73 bits per heavy atom. The van der Waals surface area contributed by atoms with Gasteiger partial charge >= 0.3 is 0 Å². The molecule has 1 unspecified atom stereocenters. The number of rotatable bonds is 5. The van der Waals surface area contributed by atoms with E-state index in [9.17, 15) is 9.50 Å². The van der Waals surface area contributed by atoms with Crippen LogP contribution in [0.3, 0.4) is 0 Å². The molecule has 1 atom stereocenters. The smallest absolute Gasteiger partial charge is 0.137 e. The molecule has 15 heavy (non-hydrogen) atoms. The molecule has 1 aromatic carbocycles. The number of unbranched alkanes of at least 4 members (excludes halogenated alkanes) is 1. The third-order valence-electron chi connectivity index (χ3n) is 2.19. The van der Waals surface area contributed by atoms with E-state index in [0.717, 1.165) is 18.6 Å².